The van der Waals surface area contributed by atoms with Crippen LogP contribution in [0.25, 0.3) is 11.1 Å². The summed E-state index contributed by atoms with van der Waals surface area (Å²) in [6, 6.07) is 12.9. The smallest absolute Gasteiger partial charge is 0.0184 e. The summed E-state index contributed by atoms with van der Waals surface area (Å²) in [5.41, 5.74) is 19.4. The Bertz CT molecular complexity index is 573. The second-order valence-corrected chi connectivity index (χ2v) is 4.53. The van der Waals surface area contributed by atoms with Crippen LogP contribution in [0.1, 0.15) is 22.3 Å². The molecule has 17 heavy (non-hydrogen) atoms. The number of hydrogen-bond donors (Lipinski definition) is 2. The normalized spacial score (nSPS) is 12.4. The third kappa shape index (κ3) is 1.57. The van der Waals surface area contributed by atoms with Gasteiger partial charge in [-0.25, -0.2) is 0 Å². The van der Waals surface area contributed by atoms with E-state index in [0.29, 0.717) is 13.1 Å². The Labute approximate surface area is 101 Å². The summed E-state index contributed by atoms with van der Waals surface area (Å²) in [6.07, 6.45) is 1.02. The van der Waals surface area contributed by atoms with E-state index < -0.39 is 0 Å². The minimum atomic E-state index is 0.591. The second-order valence-electron chi connectivity index (χ2n) is 4.53. The van der Waals surface area contributed by atoms with Crippen LogP contribution in [0.3, 0.4) is 0 Å². The van der Waals surface area contributed by atoms with Crippen molar-refractivity contribution < 1.29 is 0 Å². The van der Waals surface area contributed by atoms with E-state index in [1.807, 2.05) is 0 Å². The Morgan fingerprint density at radius 3 is 2.59 bits per heavy atom. The van der Waals surface area contributed by atoms with Gasteiger partial charge in [-0.3, -0.25) is 0 Å². The third-order valence-corrected chi connectivity index (χ3v) is 3.52. The van der Waals surface area contributed by atoms with Crippen LogP contribution in [0.4, 0.5) is 0 Å². The van der Waals surface area contributed by atoms with Crippen molar-refractivity contribution in [3.63, 3.8) is 0 Å². The van der Waals surface area contributed by atoms with E-state index >= 15 is 0 Å². The first-order chi connectivity index (χ1) is 8.33. The molecule has 0 aliphatic heterocycles. The molecule has 86 valence electrons. The first-order valence-electron chi connectivity index (χ1n) is 5.96. The average molecular weight is 224 g/mol. The summed E-state index contributed by atoms with van der Waals surface area (Å²) in [6.45, 7) is 1.18. The minimum absolute atomic E-state index is 0.591. The highest BCUT2D eigenvalue weighted by atomic mass is 14.5. The van der Waals surface area contributed by atoms with E-state index in [4.69, 9.17) is 11.5 Å². The van der Waals surface area contributed by atoms with E-state index in [2.05, 4.69) is 36.4 Å². The summed E-state index contributed by atoms with van der Waals surface area (Å²) in [7, 11) is 0. The van der Waals surface area contributed by atoms with Crippen LogP contribution in [0, 0.1) is 0 Å². The summed E-state index contributed by atoms with van der Waals surface area (Å²) in [5.74, 6) is 0. The van der Waals surface area contributed by atoms with Gasteiger partial charge < -0.3 is 11.5 Å². The van der Waals surface area contributed by atoms with E-state index in [-0.39, 0.29) is 0 Å². The van der Waals surface area contributed by atoms with Crippen LogP contribution in [-0.2, 0) is 19.5 Å². The lowest BCUT2D eigenvalue weighted by Crippen LogP contribution is -2.00. The van der Waals surface area contributed by atoms with E-state index in [9.17, 15) is 0 Å². The molecule has 2 aromatic carbocycles. The van der Waals surface area contributed by atoms with Crippen LogP contribution in [0.5, 0.6) is 0 Å². The molecule has 1 aliphatic carbocycles. The molecule has 2 heteroatoms. The molecule has 3 rings (SSSR count). The largest absolute Gasteiger partial charge is 0.326 e. The molecule has 4 N–H and O–H groups in total. The molecule has 0 fully saturated rings. The van der Waals surface area contributed by atoms with Crippen molar-refractivity contribution in [1.82, 2.24) is 0 Å². The van der Waals surface area contributed by atoms with Gasteiger partial charge in [-0.05, 0) is 45.9 Å². The summed E-state index contributed by atoms with van der Waals surface area (Å²) in [5, 5.41) is 0. The Morgan fingerprint density at radius 2 is 1.82 bits per heavy atom. The first kappa shape index (κ1) is 10.5. The fourth-order valence-electron chi connectivity index (χ4n) is 2.66. The second kappa shape index (κ2) is 3.99. The zero-order valence-electron chi connectivity index (χ0n) is 9.74. The Kier molecular flexibility index (Phi) is 2.46. The maximum Gasteiger partial charge on any atom is 0.0184 e. The molecule has 0 atom stereocenters. The predicted octanol–water partition coefficient (Wildman–Crippen LogP) is 2.18. The molecule has 0 saturated heterocycles. The molecule has 0 radical (unpaired) electrons. The molecule has 0 amide bonds. The average Bonchev–Trinajstić information content (AvgIpc) is 2.75. The number of benzene rings is 2. The van der Waals surface area contributed by atoms with Crippen LogP contribution < -0.4 is 11.5 Å². The molecular formula is C15H16N2. The Balaban J connectivity index is 2.24. The highest BCUT2D eigenvalue weighted by molar-refractivity contribution is 5.80. The van der Waals surface area contributed by atoms with Gasteiger partial charge in [-0.2, -0.15) is 0 Å². The SMILES string of the molecule is NCc1ccc2c(c1)-c1c(CN)cccc1C2. The van der Waals surface area contributed by atoms with E-state index in [0.717, 1.165) is 6.42 Å². The molecule has 0 bridgehead atoms. The van der Waals surface area contributed by atoms with Gasteiger partial charge >= 0.3 is 0 Å². The highest BCUT2D eigenvalue weighted by Crippen LogP contribution is 2.39. The summed E-state index contributed by atoms with van der Waals surface area (Å²) >= 11 is 0. The molecule has 1 aliphatic rings. The quantitative estimate of drug-likeness (QED) is 0.701. The molecule has 0 aromatic heterocycles. The van der Waals surface area contributed by atoms with Crippen molar-refractivity contribution in [2.24, 2.45) is 11.5 Å². The molecule has 0 saturated carbocycles. The molecular weight excluding hydrogens is 208 g/mol. The zero-order valence-corrected chi connectivity index (χ0v) is 9.74. The maximum atomic E-state index is 5.83. The number of hydrogen-bond acceptors (Lipinski definition) is 2. The lowest BCUT2D eigenvalue weighted by molar-refractivity contribution is 1.06. The standard InChI is InChI=1S/C15H16N2/c16-8-10-4-5-11-7-12-2-1-3-13(9-17)15(12)14(11)6-10/h1-6H,7-9,16-17H2. The van der Waals surface area contributed by atoms with E-state index in [1.165, 1.54) is 33.4 Å². The van der Waals surface area contributed by atoms with Crippen LogP contribution in [-0.4, -0.2) is 0 Å². The van der Waals surface area contributed by atoms with Crippen LogP contribution in [0.2, 0.25) is 0 Å². The fourth-order valence-corrected chi connectivity index (χ4v) is 2.66. The van der Waals surface area contributed by atoms with Crippen molar-refractivity contribution in [3.8, 4) is 11.1 Å². The number of rotatable bonds is 2. The molecule has 2 aromatic rings. The van der Waals surface area contributed by atoms with Crippen LogP contribution >= 0.6 is 0 Å². The summed E-state index contributed by atoms with van der Waals surface area (Å²) in [4.78, 5) is 0. The van der Waals surface area contributed by atoms with Gasteiger partial charge in [0.15, 0.2) is 0 Å². The Morgan fingerprint density at radius 1 is 0.941 bits per heavy atom. The Hall–Kier alpha value is -1.64. The van der Waals surface area contributed by atoms with Gasteiger partial charge in [0, 0.05) is 13.1 Å². The van der Waals surface area contributed by atoms with Gasteiger partial charge in [-0.1, -0.05) is 30.3 Å². The third-order valence-electron chi connectivity index (χ3n) is 3.52. The highest BCUT2D eigenvalue weighted by Gasteiger charge is 2.20. The van der Waals surface area contributed by atoms with Gasteiger partial charge in [-0.15, -0.1) is 0 Å². The van der Waals surface area contributed by atoms with Crippen LogP contribution in [0.15, 0.2) is 36.4 Å². The first-order valence-corrected chi connectivity index (χ1v) is 5.96. The predicted molar refractivity (Wildman–Crippen MR) is 70.5 cm³/mol. The van der Waals surface area contributed by atoms with Crippen molar-refractivity contribution in [2.45, 2.75) is 19.5 Å². The molecule has 0 unspecified atom stereocenters. The van der Waals surface area contributed by atoms with Crippen molar-refractivity contribution >= 4 is 0 Å². The molecule has 0 spiro atoms. The van der Waals surface area contributed by atoms with E-state index in [1.54, 1.807) is 0 Å². The minimum Gasteiger partial charge on any atom is -0.326 e. The maximum absolute atomic E-state index is 5.83. The van der Waals surface area contributed by atoms with Gasteiger partial charge in [0.1, 0.15) is 0 Å². The van der Waals surface area contributed by atoms with Gasteiger partial charge in [0.05, 0.1) is 0 Å². The number of fused-ring (bicyclic) bond motifs is 3. The monoisotopic (exact) mass is 224 g/mol. The van der Waals surface area contributed by atoms with Gasteiger partial charge in [0.2, 0.25) is 0 Å². The zero-order chi connectivity index (χ0) is 11.8. The molecule has 2 nitrogen and oxygen atoms in total. The lowest BCUT2D eigenvalue weighted by Gasteiger charge is -2.08. The number of nitrogens with two attached hydrogens (primary N) is 2. The van der Waals surface area contributed by atoms with Crippen molar-refractivity contribution in [1.29, 1.82) is 0 Å². The van der Waals surface area contributed by atoms with Crippen molar-refractivity contribution in [3.05, 3.63) is 58.7 Å². The van der Waals surface area contributed by atoms with Gasteiger partial charge in [0.25, 0.3) is 0 Å². The molecule has 0 heterocycles. The topological polar surface area (TPSA) is 52.0 Å². The van der Waals surface area contributed by atoms with Crippen molar-refractivity contribution in [2.75, 3.05) is 0 Å². The lowest BCUT2D eigenvalue weighted by atomic mass is 9.98. The summed E-state index contributed by atoms with van der Waals surface area (Å²) < 4.78 is 0. The fraction of sp³-hybridized carbons (Fsp3) is 0.200.